The number of carbonyl (C=O) groups is 1. The minimum Gasteiger partial charge on any atom is -0.348 e. The highest BCUT2D eigenvalue weighted by Gasteiger charge is 2.21. The highest BCUT2D eigenvalue weighted by atomic mass is 16.1. The fourth-order valence-electron chi connectivity index (χ4n) is 2.33. The molecule has 17 heavy (non-hydrogen) atoms. The first-order valence-corrected chi connectivity index (χ1v) is 6.11. The number of piperidine rings is 1. The summed E-state index contributed by atoms with van der Waals surface area (Å²) in [6.45, 7) is 5.72. The van der Waals surface area contributed by atoms with Crippen molar-refractivity contribution in [3.8, 4) is 0 Å². The number of carbonyl (C=O) groups excluding carboxylic acids is 1. The SMILES string of the molecule is Cc1nn(C)c(C)c1C(=O)N[C@H]1CCCNC1. The van der Waals surface area contributed by atoms with Crippen molar-refractivity contribution in [2.75, 3.05) is 13.1 Å². The molecule has 2 rings (SSSR count). The van der Waals surface area contributed by atoms with Gasteiger partial charge in [0.05, 0.1) is 11.3 Å². The molecule has 0 saturated carbocycles. The van der Waals surface area contributed by atoms with Crippen LogP contribution in [0.25, 0.3) is 0 Å². The molecule has 1 fully saturated rings. The lowest BCUT2D eigenvalue weighted by Gasteiger charge is -2.23. The van der Waals surface area contributed by atoms with Crippen LogP contribution >= 0.6 is 0 Å². The number of aryl methyl sites for hydroxylation is 2. The maximum absolute atomic E-state index is 12.2. The largest absolute Gasteiger partial charge is 0.348 e. The summed E-state index contributed by atoms with van der Waals surface area (Å²) in [5, 5.41) is 10.6. The van der Waals surface area contributed by atoms with Gasteiger partial charge in [0.15, 0.2) is 0 Å². The quantitative estimate of drug-likeness (QED) is 0.787. The van der Waals surface area contributed by atoms with E-state index in [1.807, 2.05) is 20.9 Å². The van der Waals surface area contributed by atoms with Crippen molar-refractivity contribution < 1.29 is 4.79 Å². The highest BCUT2D eigenvalue weighted by Crippen LogP contribution is 2.12. The van der Waals surface area contributed by atoms with Crippen LogP contribution in [0.2, 0.25) is 0 Å². The number of aromatic nitrogens is 2. The van der Waals surface area contributed by atoms with Gasteiger partial charge in [0, 0.05) is 25.3 Å². The summed E-state index contributed by atoms with van der Waals surface area (Å²) < 4.78 is 1.75. The molecule has 1 aliphatic heterocycles. The third-order valence-electron chi connectivity index (χ3n) is 3.37. The van der Waals surface area contributed by atoms with Gasteiger partial charge in [0.25, 0.3) is 5.91 Å². The molecule has 0 unspecified atom stereocenters. The van der Waals surface area contributed by atoms with Gasteiger partial charge < -0.3 is 10.6 Å². The molecule has 1 saturated heterocycles. The molecule has 5 nitrogen and oxygen atoms in total. The maximum atomic E-state index is 12.2. The Kier molecular flexibility index (Phi) is 3.47. The summed E-state index contributed by atoms with van der Waals surface area (Å²) in [5.41, 5.74) is 2.44. The smallest absolute Gasteiger partial charge is 0.255 e. The molecule has 5 heteroatoms. The van der Waals surface area contributed by atoms with E-state index in [-0.39, 0.29) is 11.9 Å². The molecule has 0 bridgehead atoms. The maximum Gasteiger partial charge on any atom is 0.255 e. The van der Waals surface area contributed by atoms with E-state index < -0.39 is 0 Å². The molecule has 94 valence electrons. The molecule has 1 aromatic rings. The first-order valence-electron chi connectivity index (χ1n) is 6.11. The second-order valence-corrected chi connectivity index (χ2v) is 4.69. The Morgan fingerprint density at radius 1 is 1.53 bits per heavy atom. The molecular formula is C12H20N4O. The Balaban J connectivity index is 2.08. The minimum absolute atomic E-state index is 0.00167. The van der Waals surface area contributed by atoms with E-state index in [9.17, 15) is 4.79 Å². The zero-order valence-corrected chi connectivity index (χ0v) is 10.7. The number of nitrogens with one attached hydrogen (secondary N) is 2. The molecule has 1 aliphatic rings. The topological polar surface area (TPSA) is 59.0 Å². The molecule has 0 radical (unpaired) electrons. The first-order chi connectivity index (χ1) is 8.09. The average molecular weight is 236 g/mol. The van der Waals surface area contributed by atoms with Crippen LogP contribution in [0.4, 0.5) is 0 Å². The monoisotopic (exact) mass is 236 g/mol. The second kappa shape index (κ2) is 4.87. The number of amides is 1. The molecule has 0 aromatic carbocycles. The van der Waals surface area contributed by atoms with Gasteiger partial charge in [0.2, 0.25) is 0 Å². The normalized spacial score (nSPS) is 20.3. The molecule has 1 atom stereocenters. The molecule has 2 heterocycles. The van der Waals surface area contributed by atoms with E-state index in [0.29, 0.717) is 0 Å². The standard InChI is InChI=1S/C12H20N4O/c1-8-11(9(2)16(3)15-8)12(17)14-10-5-4-6-13-7-10/h10,13H,4-7H2,1-3H3,(H,14,17)/t10-/m0/s1. The Morgan fingerprint density at radius 3 is 2.82 bits per heavy atom. The van der Waals surface area contributed by atoms with E-state index in [2.05, 4.69) is 15.7 Å². The van der Waals surface area contributed by atoms with Gasteiger partial charge >= 0.3 is 0 Å². The van der Waals surface area contributed by atoms with Gasteiger partial charge in [-0.25, -0.2) is 0 Å². The second-order valence-electron chi connectivity index (χ2n) is 4.69. The van der Waals surface area contributed by atoms with Crippen LogP contribution in [0.3, 0.4) is 0 Å². The lowest BCUT2D eigenvalue weighted by molar-refractivity contribution is 0.0929. The summed E-state index contributed by atoms with van der Waals surface area (Å²) >= 11 is 0. The summed E-state index contributed by atoms with van der Waals surface area (Å²) in [5.74, 6) is 0.00167. The summed E-state index contributed by atoms with van der Waals surface area (Å²) in [6, 6.07) is 0.246. The van der Waals surface area contributed by atoms with Crippen LogP contribution in [0, 0.1) is 13.8 Å². The third kappa shape index (κ3) is 2.49. The predicted octanol–water partition coefficient (Wildman–Crippen LogP) is 0.519. The third-order valence-corrected chi connectivity index (χ3v) is 3.37. The number of rotatable bonds is 2. The fourth-order valence-corrected chi connectivity index (χ4v) is 2.33. The van der Waals surface area contributed by atoms with Crippen molar-refractivity contribution in [3.05, 3.63) is 17.0 Å². The van der Waals surface area contributed by atoms with Gasteiger partial charge in [-0.3, -0.25) is 9.48 Å². The van der Waals surface area contributed by atoms with Crippen LogP contribution in [0.5, 0.6) is 0 Å². The van der Waals surface area contributed by atoms with E-state index in [0.717, 1.165) is 42.9 Å². The van der Waals surface area contributed by atoms with Crippen molar-refractivity contribution in [1.82, 2.24) is 20.4 Å². The van der Waals surface area contributed by atoms with E-state index in [1.165, 1.54) is 0 Å². The lowest BCUT2D eigenvalue weighted by atomic mass is 10.1. The highest BCUT2D eigenvalue weighted by molar-refractivity contribution is 5.96. The summed E-state index contributed by atoms with van der Waals surface area (Å²) in [6.07, 6.45) is 2.17. The van der Waals surface area contributed by atoms with Crippen molar-refractivity contribution in [2.24, 2.45) is 7.05 Å². The molecule has 0 spiro atoms. The van der Waals surface area contributed by atoms with Crippen molar-refractivity contribution in [1.29, 1.82) is 0 Å². The minimum atomic E-state index is 0.00167. The molecular weight excluding hydrogens is 216 g/mol. The summed E-state index contributed by atoms with van der Waals surface area (Å²) in [4.78, 5) is 12.2. The number of hydrogen-bond acceptors (Lipinski definition) is 3. The zero-order valence-electron chi connectivity index (χ0n) is 10.7. The zero-order chi connectivity index (χ0) is 12.4. The molecule has 1 aromatic heterocycles. The van der Waals surface area contributed by atoms with E-state index in [4.69, 9.17) is 0 Å². The van der Waals surface area contributed by atoms with Crippen LogP contribution in [-0.2, 0) is 7.05 Å². The van der Waals surface area contributed by atoms with E-state index in [1.54, 1.807) is 4.68 Å². The molecule has 0 aliphatic carbocycles. The van der Waals surface area contributed by atoms with E-state index >= 15 is 0 Å². The van der Waals surface area contributed by atoms with Gasteiger partial charge in [-0.15, -0.1) is 0 Å². The summed E-state index contributed by atoms with van der Waals surface area (Å²) in [7, 11) is 1.86. The van der Waals surface area contributed by atoms with Crippen molar-refractivity contribution in [3.63, 3.8) is 0 Å². The van der Waals surface area contributed by atoms with Gasteiger partial charge in [-0.1, -0.05) is 0 Å². The molecule has 1 amide bonds. The fraction of sp³-hybridized carbons (Fsp3) is 0.667. The number of hydrogen-bond donors (Lipinski definition) is 2. The van der Waals surface area contributed by atoms with Gasteiger partial charge in [0.1, 0.15) is 0 Å². The Hall–Kier alpha value is -1.36. The van der Waals surface area contributed by atoms with Crippen LogP contribution in [0.15, 0.2) is 0 Å². The number of nitrogens with zero attached hydrogens (tertiary/aromatic N) is 2. The van der Waals surface area contributed by atoms with Crippen LogP contribution in [-0.4, -0.2) is 34.8 Å². The van der Waals surface area contributed by atoms with Gasteiger partial charge in [-0.2, -0.15) is 5.10 Å². The van der Waals surface area contributed by atoms with Crippen molar-refractivity contribution >= 4 is 5.91 Å². The van der Waals surface area contributed by atoms with Gasteiger partial charge in [-0.05, 0) is 33.2 Å². The van der Waals surface area contributed by atoms with Crippen LogP contribution in [0.1, 0.15) is 34.6 Å². The first kappa shape index (κ1) is 12.1. The average Bonchev–Trinajstić information content (AvgIpc) is 2.54. The predicted molar refractivity (Wildman–Crippen MR) is 66.0 cm³/mol. The van der Waals surface area contributed by atoms with Crippen molar-refractivity contribution in [2.45, 2.75) is 32.7 Å². The molecule has 2 N–H and O–H groups in total. The Bertz CT molecular complexity index is 418. The lowest BCUT2D eigenvalue weighted by Crippen LogP contribution is -2.45. The van der Waals surface area contributed by atoms with Crippen LogP contribution < -0.4 is 10.6 Å². The Labute approximate surface area is 102 Å². The Morgan fingerprint density at radius 2 is 2.29 bits per heavy atom.